The second-order valence-electron chi connectivity index (χ2n) is 7.21. The van der Waals surface area contributed by atoms with Crippen LogP contribution in [0.15, 0.2) is 60.9 Å². The predicted octanol–water partition coefficient (Wildman–Crippen LogP) is 3.09. The SMILES string of the molecule is OC(c1cccc(-c2nccc(Nc3ccc4[nH]ncc4c3)n2)c1)N1CCOCC1. The van der Waals surface area contributed by atoms with Gasteiger partial charge in [0.1, 0.15) is 12.0 Å². The molecular formula is C22H22N6O2. The van der Waals surface area contributed by atoms with Crippen molar-refractivity contribution in [1.29, 1.82) is 0 Å². The number of ether oxygens (including phenoxy) is 1. The van der Waals surface area contributed by atoms with Gasteiger partial charge in [0.05, 0.1) is 24.9 Å². The third-order valence-electron chi connectivity index (χ3n) is 5.20. The van der Waals surface area contributed by atoms with Crippen LogP contribution in [0.3, 0.4) is 0 Å². The number of aliphatic hydroxyl groups is 1. The number of hydrogen-bond acceptors (Lipinski definition) is 7. The molecule has 4 aromatic rings. The number of aromatic nitrogens is 4. The van der Waals surface area contributed by atoms with Crippen molar-refractivity contribution in [3.8, 4) is 11.4 Å². The first-order valence-corrected chi connectivity index (χ1v) is 9.90. The molecule has 1 aliphatic rings. The van der Waals surface area contributed by atoms with Crippen LogP contribution in [-0.2, 0) is 4.74 Å². The minimum atomic E-state index is -0.670. The molecule has 152 valence electrons. The Bertz CT molecular complexity index is 1160. The van der Waals surface area contributed by atoms with Crippen molar-refractivity contribution in [3.05, 3.63) is 66.5 Å². The second-order valence-corrected chi connectivity index (χ2v) is 7.21. The highest BCUT2D eigenvalue weighted by atomic mass is 16.5. The van der Waals surface area contributed by atoms with Gasteiger partial charge in [0.15, 0.2) is 5.82 Å². The fraction of sp³-hybridized carbons (Fsp3) is 0.227. The van der Waals surface area contributed by atoms with Gasteiger partial charge in [-0.25, -0.2) is 9.97 Å². The third kappa shape index (κ3) is 3.88. The highest BCUT2D eigenvalue weighted by Gasteiger charge is 2.20. The highest BCUT2D eigenvalue weighted by Crippen LogP contribution is 2.25. The Morgan fingerprint density at radius 1 is 1.10 bits per heavy atom. The summed E-state index contributed by atoms with van der Waals surface area (Å²) in [5.41, 5.74) is 3.58. The maximum atomic E-state index is 10.7. The molecule has 8 nitrogen and oxygen atoms in total. The first-order chi connectivity index (χ1) is 14.8. The molecule has 3 heterocycles. The Kier molecular flexibility index (Phi) is 5.10. The van der Waals surface area contributed by atoms with Gasteiger partial charge in [0, 0.05) is 35.9 Å². The van der Waals surface area contributed by atoms with Gasteiger partial charge in [0.2, 0.25) is 0 Å². The van der Waals surface area contributed by atoms with Crippen molar-refractivity contribution in [1.82, 2.24) is 25.1 Å². The summed E-state index contributed by atoms with van der Waals surface area (Å²) in [6.07, 6.45) is 2.85. The average molecular weight is 402 g/mol. The van der Waals surface area contributed by atoms with Crippen LogP contribution in [0.5, 0.6) is 0 Å². The number of H-pyrrole nitrogens is 1. The van der Waals surface area contributed by atoms with Crippen LogP contribution < -0.4 is 5.32 Å². The fourth-order valence-corrected chi connectivity index (χ4v) is 3.61. The summed E-state index contributed by atoms with van der Waals surface area (Å²) < 4.78 is 5.37. The van der Waals surface area contributed by atoms with Gasteiger partial charge in [0.25, 0.3) is 0 Å². The van der Waals surface area contributed by atoms with Crippen LogP contribution >= 0.6 is 0 Å². The van der Waals surface area contributed by atoms with Gasteiger partial charge >= 0.3 is 0 Å². The van der Waals surface area contributed by atoms with E-state index in [9.17, 15) is 5.11 Å². The van der Waals surface area contributed by atoms with Crippen molar-refractivity contribution in [2.45, 2.75) is 6.23 Å². The molecule has 0 amide bonds. The lowest BCUT2D eigenvalue weighted by Crippen LogP contribution is -2.39. The molecule has 1 aliphatic heterocycles. The number of hydrogen-bond donors (Lipinski definition) is 3. The van der Waals surface area contributed by atoms with Gasteiger partial charge in [-0.05, 0) is 35.9 Å². The summed E-state index contributed by atoms with van der Waals surface area (Å²) in [6, 6.07) is 15.5. The number of morpholine rings is 1. The van der Waals surface area contributed by atoms with Crippen molar-refractivity contribution >= 4 is 22.4 Å². The van der Waals surface area contributed by atoms with Crippen LogP contribution in [-0.4, -0.2) is 56.5 Å². The number of nitrogens with one attached hydrogen (secondary N) is 2. The topological polar surface area (TPSA) is 99.2 Å². The number of nitrogens with zero attached hydrogens (tertiary/aromatic N) is 4. The minimum Gasteiger partial charge on any atom is -0.379 e. The van der Waals surface area contributed by atoms with Crippen molar-refractivity contribution in [2.24, 2.45) is 0 Å². The second kappa shape index (κ2) is 8.19. The van der Waals surface area contributed by atoms with Crippen LogP contribution in [0.4, 0.5) is 11.5 Å². The van der Waals surface area contributed by atoms with E-state index in [-0.39, 0.29) is 0 Å². The number of aromatic amines is 1. The van der Waals surface area contributed by atoms with Crippen molar-refractivity contribution in [3.63, 3.8) is 0 Å². The molecule has 1 fully saturated rings. The first kappa shape index (κ1) is 18.7. The van der Waals surface area contributed by atoms with Crippen LogP contribution in [0.1, 0.15) is 11.8 Å². The van der Waals surface area contributed by atoms with Gasteiger partial charge < -0.3 is 15.2 Å². The number of rotatable bonds is 5. The highest BCUT2D eigenvalue weighted by molar-refractivity contribution is 5.82. The number of anilines is 2. The average Bonchev–Trinajstić information content (AvgIpc) is 3.27. The maximum Gasteiger partial charge on any atom is 0.161 e. The van der Waals surface area contributed by atoms with E-state index in [2.05, 4.69) is 25.5 Å². The predicted molar refractivity (Wildman–Crippen MR) is 114 cm³/mol. The zero-order valence-electron chi connectivity index (χ0n) is 16.3. The molecule has 0 spiro atoms. The van der Waals surface area contributed by atoms with Gasteiger partial charge in [-0.15, -0.1) is 0 Å². The van der Waals surface area contributed by atoms with Crippen molar-refractivity contribution in [2.75, 3.05) is 31.6 Å². The Morgan fingerprint density at radius 3 is 2.90 bits per heavy atom. The molecule has 2 aromatic carbocycles. The van der Waals surface area contributed by atoms with Crippen molar-refractivity contribution < 1.29 is 9.84 Å². The molecule has 3 N–H and O–H groups in total. The molecule has 0 radical (unpaired) electrons. The monoisotopic (exact) mass is 402 g/mol. The lowest BCUT2D eigenvalue weighted by molar-refractivity contribution is -0.0603. The Balaban J connectivity index is 1.38. The van der Waals surface area contributed by atoms with Crippen LogP contribution in [0.2, 0.25) is 0 Å². The van der Waals surface area contributed by atoms with E-state index in [0.29, 0.717) is 37.9 Å². The van der Waals surface area contributed by atoms with E-state index in [4.69, 9.17) is 4.74 Å². The van der Waals surface area contributed by atoms with Gasteiger partial charge in [-0.3, -0.25) is 10.00 Å². The quantitative estimate of drug-likeness (QED) is 0.472. The van der Waals surface area contributed by atoms with E-state index < -0.39 is 6.23 Å². The summed E-state index contributed by atoms with van der Waals surface area (Å²) >= 11 is 0. The van der Waals surface area contributed by atoms with Crippen LogP contribution in [0, 0.1) is 0 Å². The number of benzene rings is 2. The smallest absolute Gasteiger partial charge is 0.161 e. The van der Waals surface area contributed by atoms with Gasteiger partial charge in [-0.1, -0.05) is 18.2 Å². The molecule has 0 saturated carbocycles. The van der Waals surface area contributed by atoms with E-state index in [1.807, 2.05) is 53.4 Å². The maximum absolute atomic E-state index is 10.7. The minimum absolute atomic E-state index is 0.598. The summed E-state index contributed by atoms with van der Waals surface area (Å²) in [7, 11) is 0. The summed E-state index contributed by atoms with van der Waals surface area (Å²) in [5.74, 6) is 1.29. The molecule has 1 saturated heterocycles. The van der Waals surface area contributed by atoms with E-state index in [1.165, 1.54) is 0 Å². The lowest BCUT2D eigenvalue weighted by Gasteiger charge is -2.31. The number of aliphatic hydroxyl groups excluding tert-OH is 1. The standard InChI is InChI=1S/C22H22N6O2/c29-22(28-8-10-30-11-9-28)16-3-1-2-15(12-16)21-23-7-6-20(26-21)25-18-4-5-19-17(13-18)14-24-27-19/h1-7,12-14,22,29H,8-11H2,(H,24,27)(H,23,25,26). The Labute approximate surface area is 173 Å². The fourth-order valence-electron chi connectivity index (χ4n) is 3.61. The molecule has 2 aromatic heterocycles. The zero-order chi connectivity index (χ0) is 20.3. The zero-order valence-corrected chi connectivity index (χ0v) is 16.3. The number of fused-ring (bicyclic) bond motifs is 1. The first-order valence-electron chi connectivity index (χ1n) is 9.90. The Morgan fingerprint density at radius 2 is 2.00 bits per heavy atom. The largest absolute Gasteiger partial charge is 0.379 e. The van der Waals surface area contributed by atoms with E-state index in [0.717, 1.165) is 27.7 Å². The molecule has 0 bridgehead atoms. The van der Waals surface area contributed by atoms with Crippen LogP contribution in [0.25, 0.3) is 22.3 Å². The molecule has 30 heavy (non-hydrogen) atoms. The van der Waals surface area contributed by atoms with Gasteiger partial charge in [-0.2, -0.15) is 5.10 Å². The molecule has 5 rings (SSSR count). The van der Waals surface area contributed by atoms with E-state index in [1.54, 1.807) is 12.4 Å². The molecule has 0 aliphatic carbocycles. The molecule has 1 atom stereocenters. The lowest BCUT2D eigenvalue weighted by atomic mass is 10.1. The molecule has 1 unspecified atom stereocenters. The summed E-state index contributed by atoms with van der Waals surface area (Å²) in [6.45, 7) is 2.70. The van der Waals surface area contributed by atoms with E-state index >= 15 is 0 Å². The Hall–Kier alpha value is -3.33. The molecular weight excluding hydrogens is 380 g/mol. The summed E-state index contributed by atoms with van der Waals surface area (Å²) in [5, 5.41) is 22.1. The normalized spacial score (nSPS) is 15.9. The third-order valence-corrected chi connectivity index (χ3v) is 5.20. The summed E-state index contributed by atoms with van der Waals surface area (Å²) in [4.78, 5) is 11.1. The molecule has 8 heteroatoms.